The molecule has 1 fully saturated rings. The molecular weight excluding hydrogens is 413 g/mol. The Bertz CT molecular complexity index is 1320. The van der Waals surface area contributed by atoms with Crippen molar-refractivity contribution in [2.24, 2.45) is 0 Å². The van der Waals surface area contributed by atoms with Crippen LogP contribution in [-0.2, 0) is 16.8 Å². The van der Waals surface area contributed by atoms with E-state index >= 15 is 0 Å². The van der Waals surface area contributed by atoms with Crippen LogP contribution in [0.15, 0.2) is 72.8 Å². The molecule has 33 heavy (non-hydrogen) atoms. The monoisotopic (exact) mass is 441 g/mol. The largest absolute Gasteiger partial charge is 0.323 e. The first-order valence-corrected chi connectivity index (χ1v) is 11.4. The van der Waals surface area contributed by atoms with Gasteiger partial charge in [-0.25, -0.2) is 9.37 Å². The number of carbonyl (C=O) groups excluding carboxylic acids is 1. The Morgan fingerprint density at radius 2 is 1.67 bits per heavy atom. The maximum Gasteiger partial charge on any atom is 0.227 e. The van der Waals surface area contributed by atoms with Crippen molar-refractivity contribution < 1.29 is 9.18 Å². The summed E-state index contributed by atoms with van der Waals surface area (Å²) < 4.78 is 16.6. The van der Waals surface area contributed by atoms with Gasteiger partial charge in [-0.3, -0.25) is 4.79 Å². The van der Waals surface area contributed by atoms with Crippen molar-refractivity contribution in [2.45, 2.75) is 45.1 Å². The summed E-state index contributed by atoms with van der Waals surface area (Å²) in [4.78, 5) is 19.3. The summed E-state index contributed by atoms with van der Waals surface area (Å²) in [5, 5.41) is 0. The summed E-state index contributed by atoms with van der Waals surface area (Å²) in [5.41, 5.74) is 4.88. The van der Waals surface area contributed by atoms with Crippen LogP contribution in [-0.4, -0.2) is 22.0 Å². The van der Waals surface area contributed by atoms with Crippen LogP contribution in [0, 0.1) is 5.82 Å². The number of hydrogen-bond acceptors (Lipinski definition) is 2. The molecule has 1 saturated heterocycles. The number of fused-ring (bicyclic) bond motifs is 1. The lowest BCUT2D eigenvalue weighted by atomic mass is 9.87. The third-order valence-corrected chi connectivity index (χ3v) is 6.48. The van der Waals surface area contributed by atoms with E-state index in [2.05, 4.69) is 55.7 Å². The van der Waals surface area contributed by atoms with E-state index in [4.69, 9.17) is 4.98 Å². The molecule has 1 amide bonds. The molecule has 0 unspecified atom stereocenters. The Balaban J connectivity index is 1.50. The lowest BCUT2D eigenvalue weighted by Gasteiger charge is -2.20. The molecule has 4 aromatic rings. The highest BCUT2D eigenvalue weighted by Gasteiger charge is 2.35. The van der Waals surface area contributed by atoms with Crippen molar-refractivity contribution in [1.82, 2.24) is 9.55 Å². The van der Waals surface area contributed by atoms with E-state index < -0.39 is 0 Å². The van der Waals surface area contributed by atoms with Crippen molar-refractivity contribution >= 4 is 22.6 Å². The van der Waals surface area contributed by atoms with Crippen LogP contribution < -0.4 is 4.90 Å². The lowest BCUT2D eigenvalue weighted by Crippen LogP contribution is -2.25. The van der Waals surface area contributed by atoms with Crippen molar-refractivity contribution in [1.29, 1.82) is 0 Å². The minimum atomic E-state index is -0.376. The molecule has 1 aliphatic heterocycles. The zero-order chi connectivity index (χ0) is 23.2. The topological polar surface area (TPSA) is 38.1 Å². The molecule has 0 saturated carbocycles. The summed E-state index contributed by atoms with van der Waals surface area (Å²) in [6.07, 6.45) is 0.320. The van der Waals surface area contributed by atoms with Gasteiger partial charge in [0.25, 0.3) is 0 Å². The minimum Gasteiger partial charge on any atom is -0.323 e. The highest BCUT2D eigenvalue weighted by atomic mass is 19.1. The average molecular weight is 442 g/mol. The maximum atomic E-state index is 14.4. The number of carbonyl (C=O) groups is 1. The fraction of sp³-hybridized carbons (Fsp3) is 0.286. The van der Waals surface area contributed by atoms with Gasteiger partial charge in [0.05, 0.1) is 16.7 Å². The number of imidazole rings is 1. The van der Waals surface area contributed by atoms with Crippen LogP contribution in [0.25, 0.3) is 11.0 Å². The molecule has 0 spiro atoms. The van der Waals surface area contributed by atoms with E-state index in [1.165, 1.54) is 17.2 Å². The van der Waals surface area contributed by atoms with Gasteiger partial charge in [-0.15, -0.1) is 0 Å². The van der Waals surface area contributed by atoms with Gasteiger partial charge in [0, 0.05) is 25.4 Å². The van der Waals surface area contributed by atoms with Crippen LogP contribution in [0.1, 0.15) is 50.1 Å². The molecular formula is C28H28FN3O. The van der Waals surface area contributed by atoms with E-state index in [1.54, 1.807) is 23.1 Å². The molecule has 3 aromatic carbocycles. The number of anilines is 1. The normalized spacial score (nSPS) is 16.7. The molecule has 5 rings (SSSR count). The third-order valence-electron chi connectivity index (χ3n) is 6.48. The van der Waals surface area contributed by atoms with E-state index in [-0.39, 0.29) is 23.1 Å². The zero-order valence-corrected chi connectivity index (χ0v) is 19.3. The quantitative estimate of drug-likeness (QED) is 0.387. The summed E-state index contributed by atoms with van der Waals surface area (Å²) in [5.74, 6) is 0.332. The fourth-order valence-electron chi connectivity index (χ4n) is 4.65. The SMILES string of the molecule is CC(C)(C)c1ccc(Cn2c([C@@H]3CC(=O)N(c4ccccc4F)C3)nc3ccccc32)cc1. The van der Waals surface area contributed by atoms with E-state index in [1.807, 2.05) is 18.2 Å². The summed E-state index contributed by atoms with van der Waals surface area (Å²) in [7, 11) is 0. The number of halogens is 1. The van der Waals surface area contributed by atoms with E-state index in [9.17, 15) is 9.18 Å². The minimum absolute atomic E-state index is 0.0711. The Morgan fingerprint density at radius 1 is 0.970 bits per heavy atom. The zero-order valence-electron chi connectivity index (χ0n) is 19.3. The van der Waals surface area contributed by atoms with Gasteiger partial charge in [-0.05, 0) is 40.8 Å². The number of rotatable bonds is 4. The first-order valence-electron chi connectivity index (χ1n) is 11.4. The molecule has 0 bridgehead atoms. The van der Waals surface area contributed by atoms with Crippen molar-refractivity contribution in [3.8, 4) is 0 Å². The molecule has 0 N–H and O–H groups in total. The first-order chi connectivity index (χ1) is 15.8. The standard InChI is InChI=1S/C28H28FN3O/c1-28(2,3)21-14-12-19(13-15-21)17-32-25-11-7-5-9-23(25)30-27(32)20-16-26(33)31(18-20)24-10-6-4-8-22(24)29/h4-15,20H,16-18H2,1-3H3/t20-/m1/s1. The molecule has 1 aromatic heterocycles. The molecule has 0 aliphatic carbocycles. The lowest BCUT2D eigenvalue weighted by molar-refractivity contribution is -0.117. The summed E-state index contributed by atoms with van der Waals surface area (Å²) in [6.45, 7) is 7.72. The summed E-state index contributed by atoms with van der Waals surface area (Å²) in [6, 6.07) is 23.2. The predicted octanol–water partition coefficient (Wildman–Crippen LogP) is 6.04. The van der Waals surface area contributed by atoms with Gasteiger partial charge in [0.15, 0.2) is 0 Å². The van der Waals surface area contributed by atoms with Crippen LogP contribution in [0.4, 0.5) is 10.1 Å². The Morgan fingerprint density at radius 3 is 2.39 bits per heavy atom. The first kappa shape index (κ1) is 21.4. The van der Waals surface area contributed by atoms with Crippen LogP contribution >= 0.6 is 0 Å². The second-order valence-electron chi connectivity index (χ2n) is 9.85. The van der Waals surface area contributed by atoms with Crippen molar-refractivity contribution in [3.05, 3.63) is 95.6 Å². The summed E-state index contributed by atoms with van der Waals surface area (Å²) >= 11 is 0. The van der Waals surface area contributed by atoms with Crippen LogP contribution in [0.2, 0.25) is 0 Å². The van der Waals surface area contributed by atoms with Gasteiger partial charge in [-0.2, -0.15) is 0 Å². The number of nitrogens with zero attached hydrogens (tertiary/aromatic N) is 3. The predicted molar refractivity (Wildman–Crippen MR) is 130 cm³/mol. The smallest absolute Gasteiger partial charge is 0.227 e. The van der Waals surface area contributed by atoms with Crippen LogP contribution in [0.3, 0.4) is 0 Å². The highest BCUT2D eigenvalue weighted by Crippen LogP contribution is 2.34. The van der Waals surface area contributed by atoms with Gasteiger partial charge in [-0.1, -0.05) is 69.3 Å². The molecule has 0 radical (unpaired) electrons. The number of hydrogen-bond donors (Lipinski definition) is 0. The Hall–Kier alpha value is -3.47. The second kappa shape index (κ2) is 8.14. The fourth-order valence-corrected chi connectivity index (χ4v) is 4.65. The van der Waals surface area contributed by atoms with Crippen molar-refractivity contribution in [3.63, 3.8) is 0 Å². The van der Waals surface area contributed by atoms with Gasteiger partial charge < -0.3 is 9.47 Å². The molecule has 4 nitrogen and oxygen atoms in total. The number of para-hydroxylation sites is 3. The van der Waals surface area contributed by atoms with Gasteiger partial charge in [0.1, 0.15) is 11.6 Å². The average Bonchev–Trinajstić information content (AvgIpc) is 3.34. The Labute approximate surface area is 193 Å². The highest BCUT2D eigenvalue weighted by molar-refractivity contribution is 5.96. The van der Waals surface area contributed by atoms with E-state index in [0.717, 1.165) is 16.9 Å². The van der Waals surface area contributed by atoms with Crippen LogP contribution in [0.5, 0.6) is 0 Å². The molecule has 1 aliphatic rings. The third kappa shape index (κ3) is 4.04. The number of amides is 1. The number of aromatic nitrogens is 2. The number of benzene rings is 3. The second-order valence-corrected chi connectivity index (χ2v) is 9.85. The molecule has 1 atom stereocenters. The van der Waals surface area contributed by atoms with Gasteiger partial charge >= 0.3 is 0 Å². The molecule has 168 valence electrons. The Kier molecular flexibility index (Phi) is 5.28. The maximum absolute atomic E-state index is 14.4. The van der Waals surface area contributed by atoms with Crippen molar-refractivity contribution in [2.75, 3.05) is 11.4 Å². The molecule has 2 heterocycles. The van der Waals surface area contributed by atoms with E-state index in [0.29, 0.717) is 25.2 Å². The van der Waals surface area contributed by atoms with Gasteiger partial charge in [0.2, 0.25) is 5.91 Å². The molecule has 5 heteroatoms.